The molecule has 1 amide bonds. The van der Waals surface area contributed by atoms with Crippen LogP contribution in [0.5, 0.6) is 5.75 Å². The number of nitrogens with one attached hydrogen (secondary N) is 2. The molecule has 0 aromatic heterocycles. The van der Waals surface area contributed by atoms with Gasteiger partial charge in [-0.05, 0) is 23.8 Å². The topological polar surface area (TPSA) is 156 Å². The zero-order valence-electron chi connectivity index (χ0n) is 13.9. The predicted molar refractivity (Wildman–Crippen MR) is 93.3 cm³/mol. The van der Waals surface area contributed by atoms with E-state index >= 15 is 0 Å². The van der Waals surface area contributed by atoms with Crippen LogP contribution >= 0.6 is 0 Å². The number of ether oxygens (including phenoxy) is 1. The van der Waals surface area contributed by atoms with Crippen LogP contribution in [-0.4, -0.2) is 70.5 Å². The number of hydrogen-bond donors (Lipinski definition) is 6. The lowest BCUT2D eigenvalue weighted by atomic mass is 10.1. The average Bonchev–Trinajstić information content (AvgIpc) is 3.00. The molecule has 10 heteroatoms. The van der Waals surface area contributed by atoms with Crippen molar-refractivity contribution in [3.8, 4) is 5.75 Å². The monoisotopic (exact) mass is 364 g/mol. The van der Waals surface area contributed by atoms with E-state index in [9.17, 15) is 20.1 Å². The third-order valence-electron chi connectivity index (χ3n) is 3.44. The molecule has 2 rings (SSSR count). The van der Waals surface area contributed by atoms with E-state index in [4.69, 9.17) is 9.84 Å². The highest BCUT2D eigenvalue weighted by molar-refractivity contribution is 6.13. The summed E-state index contributed by atoms with van der Waals surface area (Å²) in [5.74, 6) is 0.292. The Labute approximate surface area is 149 Å². The summed E-state index contributed by atoms with van der Waals surface area (Å²) in [4.78, 5) is 15.9. The number of rotatable bonds is 7. The number of carbonyl (C=O) groups is 1. The van der Waals surface area contributed by atoms with Crippen LogP contribution in [0.2, 0.25) is 0 Å². The maximum Gasteiger partial charge on any atom is 0.276 e. The minimum atomic E-state index is -1.60. The second-order valence-electron chi connectivity index (χ2n) is 5.34. The van der Waals surface area contributed by atoms with Crippen LogP contribution in [0, 0.1) is 0 Å². The Hall–Kier alpha value is -2.79. The molecule has 6 N–H and O–H groups in total. The molecular weight excluding hydrogens is 344 g/mol. The van der Waals surface area contributed by atoms with Crippen molar-refractivity contribution in [3.63, 3.8) is 0 Å². The van der Waals surface area contributed by atoms with E-state index in [2.05, 4.69) is 20.8 Å². The van der Waals surface area contributed by atoms with E-state index in [-0.39, 0.29) is 11.7 Å². The van der Waals surface area contributed by atoms with Crippen LogP contribution in [0.3, 0.4) is 0 Å². The maximum absolute atomic E-state index is 11.9. The Morgan fingerprint density at radius 3 is 2.62 bits per heavy atom. The van der Waals surface area contributed by atoms with E-state index in [1.807, 2.05) is 0 Å². The fourth-order valence-corrected chi connectivity index (χ4v) is 1.98. The second kappa shape index (κ2) is 9.06. The van der Waals surface area contributed by atoms with Gasteiger partial charge >= 0.3 is 0 Å². The number of amides is 1. The first-order chi connectivity index (χ1) is 12.4. The highest BCUT2D eigenvalue weighted by atomic mass is 16.5. The number of nitrogens with zero attached hydrogens (tertiary/aromatic N) is 2. The van der Waals surface area contributed by atoms with Gasteiger partial charge in [0.25, 0.3) is 5.91 Å². The Bertz CT molecular complexity index is 716. The van der Waals surface area contributed by atoms with Crippen LogP contribution in [0.4, 0.5) is 0 Å². The Kier molecular flexibility index (Phi) is 6.81. The maximum atomic E-state index is 11.9. The molecule has 0 fully saturated rings. The number of aliphatic imine (C=N–C) groups is 1. The molecule has 0 saturated heterocycles. The molecule has 1 aliphatic rings. The van der Waals surface area contributed by atoms with E-state index in [0.717, 1.165) is 11.8 Å². The Morgan fingerprint density at radius 2 is 2.00 bits per heavy atom. The number of carbonyl (C=O) groups excluding carboxylic acids is 1. The van der Waals surface area contributed by atoms with Gasteiger partial charge < -0.3 is 25.2 Å². The van der Waals surface area contributed by atoms with Gasteiger partial charge in [-0.2, -0.15) is 5.10 Å². The molecule has 1 heterocycles. The summed E-state index contributed by atoms with van der Waals surface area (Å²) in [6, 6.07) is 7.03. The summed E-state index contributed by atoms with van der Waals surface area (Å²) in [5, 5.41) is 43.0. The molecule has 0 radical (unpaired) electrons. The number of hydrogen-bond acceptors (Lipinski definition) is 9. The number of aliphatic hydroxyl groups is 4. The first-order valence-corrected chi connectivity index (χ1v) is 7.64. The van der Waals surface area contributed by atoms with E-state index in [1.54, 1.807) is 37.5 Å². The van der Waals surface area contributed by atoms with Gasteiger partial charge in [0.2, 0.25) is 5.96 Å². The quantitative estimate of drug-likeness (QED) is 0.189. The number of benzene rings is 1. The summed E-state index contributed by atoms with van der Waals surface area (Å²) < 4.78 is 5.06. The molecule has 1 aromatic carbocycles. The first kappa shape index (κ1) is 19.5. The molecule has 140 valence electrons. The second-order valence-corrected chi connectivity index (χ2v) is 5.34. The van der Waals surface area contributed by atoms with Crippen molar-refractivity contribution < 1.29 is 30.0 Å². The van der Waals surface area contributed by atoms with Gasteiger partial charge in [-0.3, -0.25) is 10.1 Å². The van der Waals surface area contributed by atoms with E-state index < -0.39 is 30.8 Å². The van der Waals surface area contributed by atoms with Crippen LogP contribution < -0.4 is 15.5 Å². The molecule has 0 aliphatic carbocycles. The van der Waals surface area contributed by atoms with Crippen LogP contribution in [0.25, 0.3) is 6.08 Å². The lowest BCUT2D eigenvalue weighted by Crippen LogP contribution is -2.41. The lowest BCUT2D eigenvalue weighted by molar-refractivity contribution is -0.115. The minimum absolute atomic E-state index is 0.0374. The van der Waals surface area contributed by atoms with Crippen molar-refractivity contribution in [1.82, 2.24) is 10.7 Å². The summed E-state index contributed by atoms with van der Waals surface area (Å²) >= 11 is 0. The molecule has 26 heavy (non-hydrogen) atoms. The summed E-state index contributed by atoms with van der Waals surface area (Å²) in [6.07, 6.45) is -2.14. The van der Waals surface area contributed by atoms with Crippen molar-refractivity contribution >= 4 is 24.2 Å². The summed E-state index contributed by atoms with van der Waals surface area (Å²) in [5.41, 5.74) is 3.31. The molecule has 1 aliphatic heterocycles. The summed E-state index contributed by atoms with van der Waals surface area (Å²) in [7, 11) is 1.56. The van der Waals surface area contributed by atoms with Gasteiger partial charge in [0.1, 0.15) is 29.8 Å². The van der Waals surface area contributed by atoms with Gasteiger partial charge in [0.05, 0.1) is 19.9 Å². The highest BCUT2D eigenvalue weighted by Crippen LogP contribution is 2.15. The molecule has 0 bridgehead atoms. The fourth-order valence-electron chi connectivity index (χ4n) is 1.98. The minimum Gasteiger partial charge on any atom is -0.497 e. The van der Waals surface area contributed by atoms with Gasteiger partial charge in [0.15, 0.2) is 0 Å². The van der Waals surface area contributed by atoms with Gasteiger partial charge in [-0.15, -0.1) is 0 Å². The van der Waals surface area contributed by atoms with Crippen molar-refractivity contribution in [1.29, 1.82) is 0 Å². The molecule has 3 unspecified atom stereocenters. The number of guanidine groups is 1. The van der Waals surface area contributed by atoms with Gasteiger partial charge in [0, 0.05) is 0 Å². The zero-order valence-corrected chi connectivity index (χ0v) is 13.9. The van der Waals surface area contributed by atoms with Crippen LogP contribution in [0.15, 0.2) is 40.1 Å². The van der Waals surface area contributed by atoms with Crippen LogP contribution in [0.1, 0.15) is 5.56 Å². The molecular formula is C16H20N4O6. The van der Waals surface area contributed by atoms with Crippen molar-refractivity contribution in [3.05, 3.63) is 35.5 Å². The molecule has 10 nitrogen and oxygen atoms in total. The van der Waals surface area contributed by atoms with Gasteiger partial charge in [-0.25, -0.2) is 10.4 Å². The number of hydrazone groups is 1. The van der Waals surface area contributed by atoms with E-state index in [0.29, 0.717) is 5.75 Å². The number of aliphatic hydroxyl groups excluding tert-OH is 4. The third-order valence-corrected chi connectivity index (χ3v) is 3.44. The predicted octanol–water partition coefficient (Wildman–Crippen LogP) is -1.83. The Balaban J connectivity index is 1.98. The lowest BCUT2D eigenvalue weighted by Gasteiger charge is -2.17. The largest absolute Gasteiger partial charge is 0.497 e. The molecule has 0 saturated carbocycles. The SMILES string of the molecule is COc1ccc(/C=C2/N=C(N/N=C\C(O)C(O)C(O)CO)NC2=O)cc1. The van der Waals surface area contributed by atoms with Crippen molar-refractivity contribution in [2.45, 2.75) is 18.3 Å². The molecule has 1 aromatic rings. The number of methoxy groups -OCH3 is 1. The fraction of sp³-hybridized carbons (Fsp3) is 0.312. The van der Waals surface area contributed by atoms with Crippen LogP contribution in [-0.2, 0) is 4.79 Å². The van der Waals surface area contributed by atoms with Crippen molar-refractivity contribution in [2.24, 2.45) is 10.1 Å². The third kappa shape index (κ3) is 5.10. The normalized spacial score (nSPS) is 19.2. The molecule has 0 spiro atoms. The zero-order chi connectivity index (χ0) is 19.1. The van der Waals surface area contributed by atoms with Crippen molar-refractivity contribution in [2.75, 3.05) is 13.7 Å². The smallest absolute Gasteiger partial charge is 0.276 e. The van der Waals surface area contributed by atoms with Gasteiger partial charge in [-0.1, -0.05) is 12.1 Å². The highest BCUT2D eigenvalue weighted by Gasteiger charge is 2.23. The molecule has 3 atom stereocenters. The van der Waals surface area contributed by atoms with E-state index in [1.165, 1.54) is 0 Å². The standard InChI is InChI=1S/C16H20N4O6/c1-26-10-4-2-9(3-5-10)6-11-15(25)19-16(18-11)20-17-7-12(22)14(24)13(23)8-21/h2-7,12-14,21-24H,8H2,1H3,(H2,18,19,20,25)/b11-6+,17-7-. The Morgan fingerprint density at radius 1 is 1.31 bits per heavy atom. The summed E-state index contributed by atoms with van der Waals surface area (Å²) in [6.45, 7) is -0.707. The average molecular weight is 364 g/mol. The first-order valence-electron chi connectivity index (χ1n) is 7.64.